The van der Waals surface area contributed by atoms with Gasteiger partial charge in [0.2, 0.25) is 0 Å². The minimum atomic E-state index is -4.58. The lowest BCUT2D eigenvalue weighted by Crippen LogP contribution is -2.54. The number of halogens is 3. The Morgan fingerprint density at radius 2 is 1.83 bits per heavy atom. The molecule has 7 heteroatoms. The van der Waals surface area contributed by atoms with Gasteiger partial charge >= 0.3 is 6.18 Å². The fourth-order valence-corrected chi connectivity index (χ4v) is 1.68. The Bertz CT molecular complexity index is 790. The van der Waals surface area contributed by atoms with Crippen molar-refractivity contribution in [2.75, 3.05) is 0 Å². The van der Waals surface area contributed by atoms with Crippen LogP contribution in [0.3, 0.4) is 0 Å². The van der Waals surface area contributed by atoms with Crippen molar-refractivity contribution in [3.63, 3.8) is 0 Å². The first kappa shape index (κ1) is 17.5. The monoisotopic (exact) mass is 333 g/mol. The van der Waals surface area contributed by atoms with Crippen LogP contribution in [0.15, 0.2) is 42.9 Å². The molecule has 0 saturated carbocycles. The molecule has 4 nitrogen and oxygen atoms in total. The van der Waals surface area contributed by atoms with Crippen molar-refractivity contribution in [1.82, 2.24) is 15.3 Å². The normalized spacial score (nSPS) is 11.4. The first-order valence-electron chi connectivity index (χ1n) is 6.97. The minimum Gasteiger partial charge on any atom is -0.337 e. The third kappa shape index (κ3) is 4.10. The zero-order valence-electron chi connectivity index (χ0n) is 13.0. The van der Waals surface area contributed by atoms with Gasteiger partial charge in [-0.15, -0.1) is 0 Å². The quantitative estimate of drug-likeness (QED) is 0.860. The van der Waals surface area contributed by atoms with E-state index in [4.69, 9.17) is 0 Å². The number of pyridine rings is 2. The summed E-state index contributed by atoms with van der Waals surface area (Å²) < 4.78 is 38.7. The van der Waals surface area contributed by atoms with Crippen molar-refractivity contribution in [3.05, 3.63) is 59.7 Å². The van der Waals surface area contributed by atoms with Gasteiger partial charge < -0.3 is 5.32 Å². The molecule has 24 heavy (non-hydrogen) atoms. The molecule has 2 heterocycles. The van der Waals surface area contributed by atoms with Crippen LogP contribution >= 0.6 is 0 Å². The lowest BCUT2D eigenvalue weighted by Gasteiger charge is -2.28. The molecule has 0 saturated heterocycles. The van der Waals surface area contributed by atoms with Gasteiger partial charge in [-0.05, 0) is 38.1 Å². The van der Waals surface area contributed by atoms with Crippen molar-refractivity contribution in [1.29, 1.82) is 0 Å². The van der Waals surface area contributed by atoms with Gasteiger partial charge in [0.25, 0.3) is 5.91 Å². The van der Waals surface area contributed by atoms with E-state index in [9.17, 15) is 18.0 Å². The lowest BCUT2D eigenvalue weighted by molar-refractivity contribution is -0.182. The molecule has 0 aliphatic carbocycles. The van der Waals surface area contributed by atoms with Crippen LogP contribution in [-0.4, -0.2) is 27.6 Å². The van der Waals surface area contributed by atoms with Gasteiger partial charge in [0.15, 0.2) is 0 Å². The van der Waals surface area contributed by atoms with Crippen LogP contribution in [-0.2, 0) is 0 Å². The van der Waals surface area contributed by atoms with Crippen molar-refractivity contribution >= 4 is 5.91 Å². The topological polar surface area (TPSA) is 54.9 Å². The molecular weight excluding hydrogens is 319 g/mol. The van der Waals surface area contributed by atoms with Crippen LogP contribution in [0.2, 0.25) is 0 Å². The maximum atomic E-state index is 12.9. The smallest absolute Gasteiger partial charge is 0.337 e. The average molecular weight is 333 g/mol. The highest BCUT2D eigenvalue weighted by atomic mass is 19.4. The summed E-state index contributed by atoms with van der Waals surface area (Å²) >= 11 is 0. The Balaban J connectivity index is 2.30. The second-order valence-electron chi connectivity index (χ2n) is 5.47. The van der Waals surface area contributed by atoms with E-state index in [1.165, 1.54) is 18.5 Å². The van der Waals surface area contributed by atoms with Gasteiger partial charge in [-0.1, -0.05) is 11.8 Å². The SMILES string of the molecule is CC(C)(NC(=O)c1ncccc1C#Cc1cccnc1)C(F)(F)F. The zero-order valence-corrected chi connectivity index (χ0v) is 13.0. The molecule has 0 fully saturated rings. The van der Waals surface area contributed by atoms with E-state index in [1.807, 2.05) is 5.32 Å². The van der Waals surface area contributed by atoms with Crippen molar-refractivity contribution in [2.45, 2.75) is 25.6 Å². The Kier molecular flexibility index (Phi) is 4.88. The van der Waals surface area contributed by atoms with Crippen LogP contribution in [0, 0.1) is 11.8 Å². The maximum Gasteiger partial charge on any atom is 0.410 e. The molecular formula is C17H14F3N3O. The minimum absolute atomic E-state index is 0.161. The molecule has 0 unspecified atom stereocenters. The van der Waals surface area contributed by atoms with E-state index in [2.05, 4.69) is 21.8 Å². The first-order chi connectivity index (χ1) is 11.2. The Hall–Kier alpha value is -2.88. The van der Waals surface area contributed by atoms with Crippen molar-refractivity contribution < 1.29 is 18.0 Å². The summed E-state index contributed by atoms with van der Waals surface area (Å²) in [6, 6.07) is 6.50. The maximum absolute atomic E-state index is 12.9. The second kappa shape index (κ2) is 6.71. The summed E-state index contributed by atoms with van der Waals surface area (Å²) in [7, 11) is 0. The number of nitrogens with one attached hydrogen (secondary N) is 1. The third-order valence-corrected chi connectivity index (χ3v) is 3.16. The molecule has 2 aromatic heterocycles. The molecule has 0 aliphatic heterocycles. The average Bonchev–Trinajstić information content (AvgIpc) is 2.52. The molecule has 0 radical (unpaired) electrons. The Labute approximate surface area is 137 Å². The highest BCUT2D eigenvalue weighted by Gasteiger charge is 2.48. The van der Waals surface area contributed by atoms with E-state index >= 15 is 0 Å². The van der Waals surface area contributed by atoms with E-state index in [0.29, 0.717) is 5.56 Å². The van der Waals surface area contributed by atoms with Crippen molar-refractivity contribution in [3.8, 4) is 11.8 Å². The molecule has 0 atom stereocenters. The number of carbonyl (C=O) groups excluding carboxylic acids is 1. The summed E-state index contributed by atoms with van der Waals surface area (Å²) in [4.78, 5) is 20.0. The fraction of sp³-hybridized carbons (Fsp3) is 0.235. The van der Waals surface area contributed by atoms with Crippen LogP contribution in [0.25, 0.3) is 0 Å². The van der Waals surface area contributed by atoms with Gasteiger partial charge in [-0.2, -0.15) is 13.2 Å². The van der Waals surface area contributed by atoms with Crippen LogP contribution in [0.5, 0.6) is 0 Å². The van der Waals surface area contributed by atoms with Crippen molar-refractivity contribution in [2.24, 2.45) is 0 Å². The number of carbonyl (C=O) groups is 1. The lowest BCUT2D eigenvalue weighted by atomic mass is 10.0. The largest absolute Gasteiger partial charge is 0.410 e. The summed E-state index contributed by atoms with van der Waals surface area (Å²) in [6.45, 7) is 1.77. The number of rotatable bonds is 2. The third-order valence-electron chi connectivity index (χ3n) is 3.16. The van der Waals surface area contributed by atoms with Gasteiger partial charge in [0.05, 0.1) is 5.56 Å². The number of nitrogens with zero attached hydrogens (tertiary/aromatic N) is 2. The molecule has 0 bridgehead atoms. The van der Waals surface area contributed by atoms with Gasteiger partial charge in [0, 0.05) is 24.2 Å². The number of hydrogen-bond acceptors (Lipinski definition) is 3. The summed E-state index contributed by atoms with van der Waals surface area (Å²) in [5, 5.41) is 1.94. The highest BCUT2D eigenvalue weighted by Crippen LogP contribution is 2.29. The van der Waals surface area contributed by atoms with E-state index < -0.39 is 17.6 Å². The van der Waals surface area contributed by atoms with E-state index in [1.54, 1.807) is 24.4 Å². The van der Waals surface area contributed by atoms with E-state index in [-0.39, 0.29) is 11.3 Å². The molecule has 1 N–H and O–H groups in total. The predicted octanol–water partition coefficient (Wildman–Crippen LogP) is 2.95. The molecule has 2 rings (SSSR count). The highest BCUT2D eigenvalue weighted by molar-refractivity contribution is 5.95. The van der Waals surface area contributed by atoms with E-state index in [0.717, 1.165) is 13.8 Å². The standard InChI is InChI=1S/C17H14F3N3O/c1-16(2,17(18,19)20)23-15(24)14-13(6-4-10-22-14)8-7-12-5-3-9-21-11-12/h3-6,9-11H,1-2H3,(H,23,24). The summed E-state index contributed by atoms with van der Waals surface area (Å²) in [6.07, 6.45) is -0.132. The molecule has 124 valence electrons. The van der Waals surface area contributed by atoms with Crippen LogP contribution in [0.1, 0.15) is 35.5 Å². The molecule has 2 aromatic rings. The Morgan fingerprint density at radius 1 is 1.12 bits per heavy atom. The van der Waals surface area contributed by atoms with Gasteiger partial charge in [-0.25, -0.2) is 4.98 Å². The summed E-state index contributed by atoms with van der Waals surface area (Å²) in [5.74, 6) is 4.60. The Morgan fingerprint density at radius 3 is 2.46 bits per heavy atom. The number of alkyl halides is 3. The number of amides is 1. The molecule has 1 amide bonds. The molecule has 0 aromatic carbocycles. The van der Waals surface area contributed by atoms with Gasteiger partial charge in [0.1, 0.15) is 11.2 Å². The fourth-order valence-electron chi connectivity index (χ4n) is 1.68. The van der Waals surface area contributed by atoms with Crippen LogP contribution < -0.4 is 5.32 Å². The zero-order chi connectivity index (χ0) is 17.8. The number of hydrogen-bond donors (Lipinski definition) is 1. The predicted molar refractivity (Wildman–Crippen MR) is 82.1 cm³/mol. The molecule has 0 aliphatic rings. The van der Waals surface area contributed by atoms with Gasteiger partial charge in [-0.3, -0.25) is 9.78 Å². The van der Waals surface area contributed by atoms with Crippen LogP contribution in [0.4, 0.5) is 13.2 Å². The summed E-state index contributed by atoms with van der Waals surface area (Å²) in [5.41, 5.74) is -1.69. The molecule has 0 spiro atoms. The first-order valence-corrected chi connectivity index (χ1v) is 6.97. The second-order valence-corrected chi connectivity index (χ2v) is 5.47. The number of aromatic nitrogens is 2.